The molecule has 4 rings (SSSR count). The lowest BCUT2D eigenvalue weighted by Crippen LogP contribution is -2.60. The molecule has 2 aliphatic heterocycles. The van der Waals surface area contributed by atoms with Gasteiger partial charge in [-0.1, -0.05) is 23.7 Å². The van der Waals surface area contributed by atoms with Gasteiger partial charge in [0, 0.05) is 43.7 Å². The van der Waals surface area contributed by atoms with Gasteiger partial charge in [0.1, 0.15) is 6.10 Å². The Kier molecular flexibility index (Phi) is 6.13. The molecule has 2 aliphatic rings. The molecule has 0 aliphatic carbocycles. The smallest absolute Gasteiger partial charge is 0.272 e. The lowest BCUT2D eigenvalue weighted by Gasteiger charge is -2.47. The lowest BCUT2D eigenvalue weighted by atomic mass is 9.95. The van der Waals surface area contributed by atoms with Crippen LogP contribution in [0.3, 0.4) is 0 Å². The second kappa shape index (κ2) is 8.64. The monoisotopic (exact) mass is 440 g/mol. The maximum atomic E-state index is 14.0. The second-order valence-electron chi connectivity index (χ2n) is 8.20. The number of rotatable bonds is 5. The van der Waals surface area contributed by atoms with Gasteiger partial charge in [-0.05, 0) is 37.0 Å². The number of hydrogen-bond acceptors (Lipinski definition) is 6. The zero-order valence-corrected chi connectivity index (χ0v) is 17.7. The van der Waals surface area contributed by atoms with Crippen molar-refractivity contribution in [3.8, 4) is 0 Å². The molecular weight excluding hydrogens is 414 g/mol. The molecule has 1 aromatic heterocycles. The van der Waals surface area contributed by atoms with Gasteiger partial charge in [-0.3, -0.25) is 4.90 Å². The van der Waals surface area contributed by atoms with Gasteiger partial charge < -0.3 is 15.4 Å². The zero-order chi connectivity index (χ0) is 21.3. The standard InChI is InChI=1S/C20H27ClF2N6O/c1-20(22,23)17-11-29(16(12-30-17)10-13-2-4-14(21)5-3-13)15-6-8-28(9-7-15)19-25-18(24)26-27-19/h2-5,15-17H,6-12H2,1H3,(H3,24,25,26,27)/t16-,17?/m0/s1. The first-order valence-corrected chi connectivity index (χ1v) is 10.6. The van der Waals surface area contributed by atoms with Crippen molar-refractivity contribution in [2.24, 2.45) is 0 Å². The SMILES string of the molecule is CC(F)(F)C1CN(C2CCN(c3n[nH]c(N)n3)CC2)[C@@H](Cc2ccc(Cl)cc2)CO1. The molecule has 0 bridgehead atoms. The Morgan fingerprint density at radius 2 is 1.97 bits per heavy atom. The molecule has 164 valence electrons. The molecule has 3 N–H and O–H groups in total. The Morgan fingerprint density at radius 1 is 1.27 bits per heavy atom. The van der Waals surface area contributed by atoms with Gasteiger partial charge in [0.15, 0.2) is 0 Å². The fourth-order valence-electron chi connectivity index (χ4n) is 4.34. The van der Waals surface area contributed by atoms with Crippen LogP contribution in [0.15, 0.2) is 24.3 Å². The quantitative estimate of drug-likeness (QED) is 0.743. The van der Waals surface area contributed by atoms with Gasteiger partial charge in [0.25, 0.3) is 5.92 Å². The van der Waals surface area contributed by atoms with Crippen LogP contribution in [0.1, 0.15) is 25.3 Å². The van der Waals surface area contributed by atoms with Gasteiger partial charge in [0.05, 0.1) is 6.61 Å². The van der Waals surface area contributed by atoms with Crippen molar-refractivity contribution in [2.75, 3.05) is 36.9 Å². The Labute approximate surface area is 179 Å². The molecule has 0 radical (unpaired) electrons. The minimum atomic E-state index is -2.87. The van der Waals surface area contributed by atoms with E-state index in [2.05, 4.69) is 25.0 Å². The minimum absolute atomic E-state index is 0.0421. The van der Waals surface area contributed by atoms with Crippen molar-refractivity contribution in [3.05, 3.63) is 34.9 Å². The predicted molar refractivity (Wildman–Crippen MR) is 112 cm³/mol. The maximum Gasteiger partial charge on any atom is 0.272 e. The van der Waals surface area contributed by atoms with E-state index < -0.39 is 12.0 Å². The summed E-state index contributed by atoms with van der Waals surface area (Å²) in [5.41, 5.74) is 6.75. The average molecular weight is 441 g/mol. The highest BCUT2D eigenvalue weighted by molar-refractivity contribution is 6.30. The van der Waals surface area contributed by atoms with E-state index in [1.807, 2.05) is 24.3 Å². The predicted octanol–water partition coefficient (Wildman–Crippen LogP) is 2.98. The third-order valence-electron chi connectivity index (χ3n) is 5.99. The van der Waals surface area contributed by atoms with Crippen molar-refractivity contribution in [2.45, 2.75) is 50.3 Å². The molecule has 2 aromatic rings. The fraction of sp³-hybridized carbons (Fsp3) is 0.600. The number of ether oxygens (including phenoxy) is 1. The highest BCUT2D eigenvalue weighted by Gasteiger charge is 2.43. The number of halogens is 3. The van der Waals surface area contributed by atoms with Crippen LogP contribution in [0.2, 0.25) is 5.02 Å². The van der Waals surface area contributed by atoms with E-state index in [1.165, 1.54) is 0 Å². The number of aromatic nitrogens is 3. The van der Waals surface area contributed by atoms with E-state index >= 15 is 0 Å². The van der Waals surface area contributed by atoms with Crippen LogP contribution in [0.25, 0.3) is 0 Å². The summed E-state index contributed by atoms with van der Waals surface area (Å²) < 4.78 is 33.7. The topological polar surface area (TPSA) is 83.3 Å². The van der Waals surface area contributed by atoms with Crippen LogP contribution < -0.4 is 10.6 Å². The van der Waals surface area contributed by atoms with Crippen LogP contribution >= 0.6 is 11.6 Å². The van der Waals surface area contributed by atoms with Crippen molar-refractivity contribution >= 4 is 23.5 Å². The van der Waals surface area contributed by atoms with Crippen LogP contribution in [0.4, 0.5) is 20.7 Å². The van der Waals surface area contributed by atoms with E-state index in [1.54, 1.807) is 0 Å². The van der Waals surface area contributed by atoms with Gasteiger partial charge in [-0.15, -0.1) is 5.10 Å². The van der Waals surface area contributed by atoms with Crippen molar-refractivity contribution < 1.29 is 13.5 Å². The average Bonchev–Trinajstić information content (AvgIpc) is 3.16. The largest absolute Gasteiger partial charge is 0.369 e. The Balaban J connectivity index is 1.46. The molecule has 10 heteroatoms. The number of nitrogens with zero attached hydrogens (tertiary/aromatic N) is 4. The molecule has 3 heterocycles. The number of morpholine rings is 1. The molecular formula is C20H27ClF2N6O. The summed E-state index contributed by atoms with van der Waals surface area (Å²) in [5.74, 6) is -2.00. The summed E-state index contributed by atoms with van der Waals surface area (Å²) in [6.45, 7) is 2.94. The molecule has 1 unspecified atom stereocenters. The lowest BCUT2D eigenvalue weighted by molar-refractivity contribution is -0.178. The summed E-state index contributed by atoms with van der Waals surface area (Å²) in [6.07, 6.45) is 1.32. The van der Waals surface area contributed by atoms with Crippen LogP contribution in [-0.2, 0) is 11.2 Å². The van der Waals surface area contributed by atoms with Crippen molar-refractivity contribution in [3.63, 3.8) is 0 Å². The van der Waals surface area contributed by atoms with Crippen LogP contribution in [-0.4, -0.2) is 70.4 Å². The third-order valence-corrected chi connectivity index (χ3v) is 6.24. The molecule has 30 heavy (non-hydrogen) atoms. The first kappa shape index (κ1) is 21.3. The summed E-state index contributed by atoms with van der Waals surface area (Å²) in [7, 11) is 0. The Bertz CT molecular complexity index is 835. The second-order valence-corrected chi connectivity index (χ2v) is 8.63. The summed E-state index contributed by atoms with van der Waals surface area (Å²) >= 11 is 6.00. The zero-order valence-electron chi connectivity index (χ0n) is 16.9. The van der Waals surface area contributed by atoms with Gasteiger partial charge in [-0.25, -0.2) is 13.9 Å². The van der Waals surface area contributed by atoms with E-state index in [9.17, 15) is 8.78 Å². The van der Waals surface area contributed by atoms with Gasteiger partial charge >= 0.3 is 0 Å². The highest BCUT2D eigenvalue weighted by atomic mass is 35.5. The molecule has 0 amide bonds. The molecule has 2 atom stereocenters. The highest BCUT2D eigenvalue weighted by Crippen LogP contribution is 2.31. The number of anilines is 2. The molecule has 1 aromatic carbocycles. The van der Waals surface area contributed by atoms with E-state index in [0.717, 1.165) is 44.8 Å². The maximum absolute atomic E-state index is 14.0. The Hall–Kier alpha value is -1.97. The normalized spacial score (nSPS) is 24.3. The number of alkyl halides is 2. The van der Waals surface area contributed by atoms with Crippen LogP contribution in [0.5, 0.6) is 0 Å². The van der Waals surface area contributed by atoms with Gasteiger partial charge in [-0.2, -0.15) is 4.98 Å². The molecule has 7 nitrogen and oxygen atoms in total. The molecule has 2 saturated heterocycles. The molecule has 0 saturated carbocycles. The van der Waals surface area contributed by atoms with Gasteiger partial charge in [0.2, 0.25) is 11.9 Å². The minimum Gasteiger partial charge on any atom is -0.369 e. The molecule has 0 spiro atoms. The summed E-state index contributed by atoms with van der Waals surface area (Å²) in [5, 5.41) is 7.46. The number of piperidine rings is 1. The summed E-state index contributed by atoms with van der Waals surface area (Å²) in [4.78, 5) is 8.49. The number of benzene rings is 1. The third kappa shape index (κ3) is 4.84. The number of aromatic amines is 1. The first-order valence-electron chi connectivity index (χ1n) is 10.2. The van der Waals surface area contributed by atoms with E-state index in [0.29, 0.717) is 11.0 Å². The van der Waals surface area contributed by atoms with E-state index in [4.69, 9.17) is 22.1 Å². The number of nitrogen functional groups attached to an aromatic ring is 1. The number of nitrogens with one attached hydrogen (secondary N) is 1. The van der Waals surface area contributed by atoms with Crippen molar-refractivity contribution in [1.29, 1.82) is 0 Å². The number of hydrogen-bond donors (Lipinski definition) is 2. The molecule has 2 fully saturated rings. The fourth-order valence-corrected chi connectivity index (χ4v) is 4.47. The van der Waals surface area contributed by atoms with E-state index in [-0.39, 0.29) is 31.2 Å². The van der Waals surface area contributed by atoms with Crippen molar-refractivity contribution in [1.82, 2.24) is 20.1 Å². The number of nitrogens with two attached hydrogens (primary N) is 1. The first-order chi connectivity index (χ1) is 14.3. The number of H-pyrrole nitrogens is 1. The Morgan fingerprint density at radius 3 is 2.57 bits per heavy atom. The summed E-state index contributed by atoms with van der Waals surface area (Å²) in [6, 6.07) is 7.92. The van der Waals surface area contributed by atoms with Crippen LogP contribution in [0, 0.1) is 0 Å².